The fourth-order valence-corrected chi connectivity index (χ4v) is 3.13. The molecule has 0 saturated carbocycles. The lowest BCUT2D eigenvalue weighted by atomic mass is 9.88. The molecule has 0 aliphatic carbocycles. The van der Waals surface area contributed by atoms with Crippen molar-refractivity contribution < 1.29 is 0 Å². The van der Waals surface area contributed by atoms with E-state index in [1.807, 2.05) is 0 Å². The number of likely N-dealkylation sites (tertiary alicyclic amines) is 1. The second-order valence-corrected chi connectivity index (χ2v) is 7.56. The fourth-order valence-electron chi connectivity index (χ4n) is 3.13. The van der Waals surface area contributed by atoms with Crippen molar-refractivity contribution >= 4 is 0 Å². The maximum absolute atomic E-state index is 2.64. The summed E-state index contributed by atoms with van der Waals surface area (Å²) in [5, 5.41) is 0. The first kappa shape index (κ1) is 15.6. The zero-order chi connectivity index (χ0) is 14.4. The normalized spacial score (nSPS) is 17.4. The summed E-state index contributed by atoms with van der Waals surface area (Å²) in [7, 11) is 0. The third kappa shape index (κ3) is 5.66. The lowest BCUT2D eigenvalue weighted by Gasteiger charge is -2.26. The van der Waals surface area contributed by atoms with Crippen LogP contribution < -0.4 is 0 Å². The molecule has 1 aromatic carbocycles. The van der Waals surface area contributed by atoms with Crippen LogP contribution in [0.3, 0.4) is 0 Å². The van der Waals surface area contributed by atoms with E-state index in [1.165, 1.54) is 69.3 Å². The van der Waals surface area contributed by atoms with Crippen LogP contribution in [-0.2, 0) is 12.8 Å². The number of rotatable bonds is 5. The lowest BCUT2D eigenvalue weighted by Crippen LogP contribution is -2.30. The van der Waals surface area contributed by atoms with Gasteiger partial charge in [0.15, 0.2) is 0 Å². The summed E-state index contributed by atoms with van der Waals surface area (Å²) in [5.41, 5.74) is 3.35. The number of hydrogen-bond donors (Lipinski definition) is 0. The van der Waals surface area contributed by atoms with Crippen molar-refractivity contribution in [2.45, 2.75) is 59.3 Å². The summed E-state index contributed by atoms with van der Waals surface area (Å²) in [5.74, 6) is 0. The molecule has 0 spiro atoms. The van der Waals surface area contributed by atoms with Gasteiger partial charge in [-0.25, -0.2) is 0 Å². The Labute approximate surface area is 125 Å². The van der Waals surface area contributed by atoms with Crippen molar-refractivity contribution in [3.63, 3.8) is 0 Å². The highest BCUT2D eigenvalue weighted by Gasteiger charge is 2.11. The number of piperidine rings is 1. The van der Waals surface area contributed by atoms with Crippen LogP contribution in [0, 0.1) is 5.41 Å². The molecule has 0 unspecified atom stereocenters. The molecular formula is C19H31N. The lowest BCUT2D eigenvalue weighted by molar-refractivity contribution is 0.226. The molecule has 0 radical (unpaired) electrons. The first-order valence-corrected chi connectivity index (χ1v) is 8.33. The Morgan fingerprint density at radius 2 is 1.50 bits per heavy atom. The zero-order valence-corrected chi connectivity index (χ0v) is 13.6. The second-order valence-electron chi connectivity index (χ2n) is 7.56. The van der Waals surface area contributed by atoms with Gasteiger partial charge < -0.3 is 4.90 Å². The van der Waals surface area contributed by atoms with E-state index in [-0.39, 0.29) is 0 Å². The van der Waals surface area contributed by atoms with Crippen LogP contribution in [0.2, 0.25) is 0 Å². The van der Waals surface area contributed by atoms with Gasteiger partial charge in [0, 0.05) is 0 Å². The number of nitrogens with zero attached hydrogens (tertiary/aromatic N) is 1. The van der Waals surface area contributed by atoms with E-state index in [0.717, 1.165) is 0 Å². The van der Waals surface area contributed by atoms with Crippen molar-refractivity contribution in [3.05, 3.63) is 35.4 Å². The summed E-state index contributed by atoms with van der Waals surface area (Å²) < 4.78 is 0. The minimum absolute atomic E-state index is 0.385. The molecule has 20 heavy (non-hydrogen) atoms. The highest BCUT2D eigenvalue weighted by Crippen LogP contribution is 2.21. The molecule has 1 fully saturated rings. The Morgan fingerprint density at radius 1 is 0.900 bits per heavy atom. The van der Waals surface area contributed by atoms with E-state index >= 15 is 0 Å². The van der Waals surface area contributed by atoms with E-state index in [0.29, 0.717) is 5.41 Å². The molecule has 0 bridgehead atoms. The minimum atomic E-state index is 0.385. The van der Waals surface area contributed by atoms with Crippen LogP contribution >= 0.6 is 0 Å². The number of hydrogen-bond acceptors (Lipinski definition) is 1. The Kier molecular flexibility index (Phi) is 5.65. The standard InChI is InChI=1S/C19H31N/c1-19(2,3)16-18-11-9-17(10-12-18)8-7-15-20-13-5-4-6-14-20/h9-12H,4-8,13-16H2,1-3H3. The molecule has 0 aromatic heterocycles. The van der Waals surface area contributed by atoms with Crippen molar-refractivity contribution in [1.82, 2.24) is 4.90 Å². The smallest absolute Gasteiger partial charge is 0.00156 e. The van der Waals surface area contributed by atoms with Gasteiger partial charge >= 0.3 is 0 Å². The van der Waals surface area contributed by atoms with Gasteiger partial charge in [-0.2, -0.15) is 0 Å². The van der Waals surface area contributed by atoms with Gasteiger partial charge in [-0.15, -0.1) is 0 Å². The molecule has 1 nitrogen and oxygen atoms in total. The van der Waals surface area contributed by atoms with Gasteiger partial charge in [0.05, 0.1) is 0 Å². The quantitative estimate of drug-likeness (QED) is 0.752. The van der Waals surface area contributed by atoms with Gasteiger partial charge in [-0.1, -0.05) is 51.5 Å². The molecule has 0 amide bonds. The summed E-state index contributed by atoms with van der Waals surface area (Å²) in [4.78, 5) is 2.64. The predicted octanol–water partition coefficient (Wildman–Crippen LogP) is 4.69. The molecule has 2 rings (SSSR count). The molecule has 1 heterocycles. The highest BCUT2D eigenvalue weighted by atomic mass is 15.1. The second kappa shape index (κ2) is 7.26. The van der Waals surface area contributed by atoms with Gasteiger partial charge in [0.2, 0.25) is 0 Å². The van der Waals surface area contributed by atoms with Crippen LogP contribution in [0.1, 0.15) is 57.6 Å². The van der Waals surface area contributed by atoms with Gasteiger partial charge in [-0.05, 0) is 68.3 Å². The first-order chi connectivity index (χ1) is 9.53. The fraction of sp³-hybridized carbons (Fsp3) is 0.684. The van der Waals surface area contributed by atoms with Crippen LogP contribution in [0.25, 0.3) is 0 Å². The zero-order valence-electron chi connectivity index (χ0n) is 13.6. The Hall–Kier alpha value is -0.820. The largest absolute Gasteiger partial charge is 0.303 e. The summed E-state index contributed by atoms with van der Waals surface area (Å²) in [6.45, 7) is 10.8. The topological polar surface area (TPSA) is 3.24 Å². The molecule has 1 saturated heterocycles. The van der Waals surface area contributed by atoms with Gasteiger partial charge in [0.25, 0.3) is 0 Å². The monoisotopic (exact) mass is 273 g/mol. The van der Waals surface area contributed by atoms with Crippen molar-refractivity contribution in [3.8, 4) is 0 Å². The Bertz CT molecular complexity index is 379. The maximum Gasteiger partial charge on any atom is -0.00156 e. The molecule has 1 aromatic rings. The number of aryl methyl sites for hydroxylation is 1. The molecule has 1 aliphatic heterocycles. The average Bonchev–Trinajstić information content (AvgIpc) is 2.40. The average molecular weight is 273 g/mol. The minimum Gasteiger partial charge on any atom is -0.303 e. The van der Waals surface area contributed by atoms with Crippen molar-refractivity contribution in [2.75, 3.05) is 19.6 Å². The molecule has 112 valence electrons. The number of benzene rings is 1. The molecule has 1 heteroatoms. The van der Waals surface area contributed by atoms with Crippen LogP contribution in [-0.4, -0.2) is 24.5 Å². The third-order valence-corrected chi connectivity index (χ3v) is 4.15. The third-order valence-electron chi connectivity index (χ3n) is 4.15. The first-order valence-electron chi connectivity index (χ1n) is 8.33. The van der Waals surface area contributed by atoms with E-state index in [2.05, 4.69) is 49.9 Å². The predicted molar refractivity (Wildman–Crippen MR) is 88.2 cm³/mol. The van der Waals surface area contributed by atoms with Crippen LogP contribution in [0.5, 0.6) is 0 Å². The van der Waals surface area contributed by atoms with Gasteiger partial charge in [-0.3, -0.25) is 0 Å². The maximum atomic E-state index is 2.64. The summed E-state index contributed by atoms with van der Waals surface area (Å²) >= 11 is 0. The van der Waals surface area contributed by atoms with E-state index in [1.54, 1.807) is 0 Å². The van der Waals surface area contributed by atoms with Crippen molar-refractivity contribution in [2.24, 2.45) is 5.41 Å². The van der Waals surface area contributed by atoms with E-state index in [9.17, 15) is 0 Å². The van der Waals surface area contributed by atoms with Crippen LogP contribution in [0.15, 0.2) is 24.3 Å². The van der Waals surface area contributed by atoms with Crippen molar-refractivity contribution in [1.29, 1.82) is 0 Å². The highest BCUT2D eigenvalue weighted by molar-refractivity contribution is 5.23. The summed E-state index contributed by atoms with van der Waals surface area (Å²) in [6.07, 6.45) is 7.95. The van der Waals surface area contributed by atoms with Gasteiger partial charge in [0.1, 0.15) is 0 Å². The molecular weight excluding hydrogens is 242 g/mol. The van der Waals surface area contributed by atoms with E-state index in [4.69, 9.17) is 0 Å². The Balaban J connectivity index is 1.73. The molecule has 1 aliphatic rings. The molecule has 0 atom stereocenters. The van der Waals surface area contributed by atoms with E-state index < -0.39 is 0 Å². The van der Waals surface area contributed by atoms with Crippen LogP contribution in [0.4, 0.5) is 0 Å². The molecule has 0 N–H and O–H groups in total. The SMILES string of the molecule is CC(C)(C)Cc1ccc(CCCN2CCCCC2)cc1. The summed E-state index contributed by atoms with van der Waals surface area (Å²) in [6, 6.07) is 9.30. The Morgan fingerprint density at radius 3 is 2.10 bits per heavy atom.